The van der Waals surface area contributed by atoms with Crippen molar-refractivity contribution < 1.29 is 24.5 Å². The molecule has 5 nitrogen and oxygen atoms in total. The van der Waals surface area contributed by atoms with E-state index in [0.29, 0.717) is 0 Å². The summed E-state index contributed by atoms with van der Waals surface area (Å²) < 4.78 is 0. The zero-order valence-electron chi connectivity index (χ0n) is 7.17. The van der Waals surface area contributed by atoms with Crippen LogP contribution in [0.15, 0.2) is 30.3 Å². The smallest absolute Gasteiger partial charge is 0.384 e. The standard InChI is InChI=1S/C9H8O5/c10-6-8(11)13-14-9(12)7-4-2-1-3-5-7/h1-5,10H,6H2. The van der Waals surface area contributed by atoms with Gasteiger partial charge in [-0.05, 0) is 12.1 Å². The third-order valence-electron chi connectivity index (χ3n) is 1.35. The first-order chi connectivity index (χ1) is 6.74. The number of carbonyl (C=O) groups excluding carboxylic acids is 2. The maximum atomic E-state index is 11.1. The van der Waals surface area contributed by atoms with Gasteiger partial charge in [0.25, 0.3) is 0 Å². The molecule has 74 valence electrons. The molecule has 14 heavy (non-hydrogen) atoms. The second kappa shape index (κ2) is 4.98. The van der Waals surface area contributed by atoms with Gasteiger partial charge in [0.15, 0.2) is 0 Å². The van der Waals surface area contributed by atoms with Crippen molar-refractivity contribution in [3.63, 3.8) is 0 Å². The Balaban J connectivity index is 2.48. The number of rotatable bonds is 2. The molecule has 0 bridgehead atoms. The lowest BCUT2D eigenvalue weighted by Crippen LogP contribution is -2.13. The van der Waals surface area contributed by atoms with Crippen LogP contribution in [0.5, 0.6) is 0 Å². The van der Waals surface area contributed by atoms with E-state index < -0.39 is 18.5 Å². The van der Waals surface area contributed by atoms with Gasteiger partial charge in [0.2, 0.25) is 0 Å². The summed E-state index contributed by atoms with van der Waals surface area (Å²) in [5, 5.41) is 8.25. The fourth-order valence-corrected chi connectivity index (χ4v) is 0.733. The van der Waals surface area contributed by atoms with Gasteiger partial charge in [-0.25, -0.2) is 19.4 Å². The highest BCUT2D eigenvalue weighted by atomic mass is 17.2. The number of hydrogen-bond acceptors (Lipinski definition) is 5. The van der Waals surface area contributed by atoms with E-state index in [4.69, 9.17) is 5.11 Å². The molecule has 0 radical (unpaired) electrons. The molecule has 0 aliphatic rings. The molecule has 0 heterocycles. The Kier molecular flexibility index (Phi) is 3.63. The summed E-state index contributed by atoms with van der Waals surface area (Å²) in [4.78, 5) is 29.6. The number of hydrogen-bond donors (Lipinski definition) is 1. The van der Waals surface area contributed by atoms with Gasteiger partial charge in [-0.1, -0.05) is 18.2 Å². The van der Waals surface area contributed by atoms with Crippen molar-refractivity contribution in [2.45, 2.75) is 0 Å². The summed E-state index contributed by atoms with van der Waals surface area (Å²) in [5.41, 5.74) is 0.262. The van der Waals surface area contributed by atoms with Crippen molar-refractivity contribution in [2.75, 3.05) is 6.61 Å². The van der Waals surface area contributed by atoms with E-state index >= 15 is 0 Å². The third-order valence-corrected chi connectivity index (χ3v) is 1.35. The zero-order chi connectivity index (χ0) is 10.4. The molecule has 0 aliphatic heterocycles. The van der Waals surface area contributed by atoms with Crippen molar-refractivity contribution in [3.05, 3.63) is 35.9 Å². The molecule has 0 amide bonds. The van der Waals surface area contributed by atoms with Crippen molar-refractivity contribution >= 4 is 11.9 Å². The van der Waals surface area contributed by atoms with Gasteiger partial charge in [-0.2, -0.15) is 0 Å². The topological polar surface area (TPSA) is 72.8 Å². The molecule has 5 heteroatoms. The fraction of sp³-hybridized carbons (Fsp3) is 0.111. The van der Waals surface area contributed by atoms with Gasteiger partial charge in [-0.15, -0.1) is 0 Å². The van der Waals surface area contributed by atoms with Crippen molar-refractivity contribution in [2.24, 2.45) is 0 Å². The Morgan fingerprint density at radius 1 is 1.14 bits per heavy atom. The maximum Gasteiger partial charge on any atom is 0.386 e. The molecule has 0 unspecified atom stereocenters. The van der Waals surface area contributed by atoms with Crippen LogP contribution in [0.25, 0.3) is 0 Å². The first kappa shape index (κ1) is 10.2. The van der Waals surface area contributed by atoms with E-state index in [1.807, 2.05) is 0 Å². The van der Waals surface area contributed by atoms with Gasteiger partial charge in [0.05, 0.1) is 5.56 Å². The zero-order valence-corrected chi connectivity index (χ0v) is 7.17. The minimum Gasteiger partial charge on any atom is -0.384 e. The molecule has 0 aromatic heterocycles. The van der Waals surface area contributed by atoms with Gasteiger partial charge in [-0.3, -0.25) is 0 Å². The molecule has 0 spiro atoms. The van der Waals surface area contributed by atoms with E-state index in [-0.39, 0.29) is 5.56 Å². The van der Waals surface area contributed by atoms with Crippen LogP contribution in [0, 0.1) is 0 Å². The van der Waals surface area contributed by atoms with Crippen LogP contribution in [0.2, 0.25) is 0 Å². The summed E-state index contributed by atoms with van der Waals surface area (Å²) in [5.74, 6) is -1.80. The average molecular weight is 196 g/mol. The maximum absolute atomic E-state index is 11.1. The molecule has 1 aromatic carbocycles. The van der Waals surface area contributed by atoms with E-state index in [1.54, 1.807) is 18.2 Å². The number of aliphatic hydroxyl groups excluding tert-OH is 1. The van der Waals surface area contributed by atoms with Crippen LogP contribution < -0.4 is 0 Å². The van der Waals surface area contributed by atoms with Crippen molar-refractivity contribution in [1.82, 2.24) is 0 Å². The number of carbonyl (C=O) groups is 2. The van der Waals surface area contributed by atoms with E-state index in [1.165, 1.54) is 12.1 Å². The highest BCUT2D eigenvalue weighted by Crippen LogP contribution is 2.01. The Hall–Kier alpha value is -1.88. The lowest BCUT2D eigenvalue weighted by molar-refractivity contribution is -0.236. The summed E-state index contributed by atoms with van der Waals surface area (Å²) in [7, 11) is 0. The van der Waals surface area contributed by atoms with Crippen LogP contribution >= 0.6 is 0 Å². The fourth-order valence-electron chi connectivity index (χ4n) is 0.733. The van der Waals surface area contributed by atoms with Crippen LogP contribution in [0.3, 0.4) is 0 Å². The minimum atomic E-state index is -1.02. The summed E-state index contributed by atoms with van der Waals surface area (Å²) in [6.07, 6.45) is 0. The lowest BCUT2D eigenvalue weighted by Gasteiger charge is -2.00. The largest absolute Gasteiger partial charge is 0.386 e. The molecular weight excluding hydrogens is 188 g/mol. The molecule has 1 rings (SSSR count). The molecular formula is C9H8O5. The lowest BCUT2D eigenvalue weighted by atomic mass is 10.2. The van der Waals surface area contributed by atoms with Gasteiger partial charge >= 0.3 is 11.9 Å². The summed E-state index contributed by atoms with van der Waals surface area (Å²) >= 11 is 0. The highest BCUT2D eigenvalue weighted by molar-refractivity contribution is 5.89. The molecule has 0 saturated heterocycles. The molecule has 1 N–H and O–H groups in total. The Morgan fingerprint density at radius 3 is 2.36 bits per heavy atom. The number of benzene rings is 1. The van der Waals surface area contributed by atoms with Crippen LogP contribution in [-0.2, 0) is 14.6 Å². The molecule has 0 saturated carbocycles. The summed E-state index contributed by atoms with van der Waals surface area (Å²) in [6.45, 7) is -0.831. The van der Waals surface area contributed by atoms with Crippen LogP contribution in [-0.4, -0.2) is 23.7 Å². The SMILES string of the molecule is O=C(CO)OOC(=O)c1ccccc1. The van der Waals surface area contributed by atoms with E-state index in [0.717, 1.165) is 0 Å². The Bertz CT molecular complexity index is 319. The second-order valence-electron chi connectivity index (χ2n) is 2.35. The predicted octanol–water partition coefficient (Wildman–Crippen LogP) is 0.294. The van der Waals surface area contributed by atoms with Crippen LogP contribution in [0.4, 0.5) is 0 Å². The number of aliphatic hydroxyl groups is 1. The van der Waals surface area contributed by atoms with Gasteiger partial charge in [0, 0.05) is 0 Å². The van der Waals surface area contributed by atoms with Crippen molar-refractivity contribution in [1.29, 1.82) is 0 Å². The van der Waals surface area contributed by atoms with E-state index in [2.05, 4.69) is 9.78 Å². The van der Waals surface area contributed by atoms with Crippen molar-refractivity contribution in [3.8, 4) is 0 Å². The van der Waals surface area contributed by atoms with Gasteiger partial charge in [0.1, 0.15) is 6.61 Å². The summed E-state index contributed by atoms with van der Waals surface area (Å²) in [6, 6.07) is 8.04. The Labute approximate surface area is 79.8 Å². The quantitative estimate of drug-likeness (QED) is 0.543. The monoisotopic (exact) mass is 196 g/mol. The first-order valence-corrected chi connectivity index (χ1v) is 3.81. The minimum absolute atomic E-state index is 0.262. The average Bonchev–Trinajstić information content (AvgIpc) is 2.26. The second-order valence-corrected chi connectivity index (χ2v) is 2.35. The molecule has 0 atom stereocenters. The molecule has 1 aromatic rings. The first-order valence-electron chi connectivity index (χ1n) is 3.81. The normalized spacial score (nSPS) is 9.21. The molecule has 0 fully saturated rings. The molecule has 0 aliphatic carbocycles. The third kappa shape index (κ3) is 2.87. The van der Waals surface area contributed by atoms with Crippen LogP contribution in [0.1, 0.15) is 10.4 Å². The Morgan fingerprint density at radius 2 is 1.79 bits per heavy atom. The highest BCUT2D eigenvalue weighted by Gasteiger charge is 2.10. The van der Waals surface area contributed by atoms with Gasteiger partial charge < -0.3 is 5.11 Å². The predicted molar refractivity (Wildman–Crippen MR) is 45.0 cm³/mol. The van der Waals surface area contributed by atoms with E-state index in [9.17, 15) is 9.59 Å².